The van der Waals surface area contributed by atoms with Crippen molar-refractivity contribution in [1.82, 2.24) is 16.0 Å². The lowest BCUT2D eigenvalue weighted by atomic mass is 9.99. The molecule has 0 radical (unpaired) electrons. The molecule has 1 heterocycles. The highest BCUT2D eigenvalue weighted by Crippen LogP contribution is 2.24. The minimum Gasteiger partial charge on any atom is -0.508 e. The average Bonchev–Trinajstić information content (AvgIpc) is 2.93. The van der Waals surface area contributed by atoms with Crippen LogP contribution in [0.1, 0.15) is 47.1 Å². The van der Waals surface area contributed by atoms with Crippen LogP contribution in [0.2, 0.25) is 0 Å². The highest BCUT2D eigenvalue weighted by molar-refractivity contribution is 5.93. The van der Waals surface area contributed by atoms with E-state index in [1.165, 1.54) is 31.2 Å². The Morgan fingerprint density at radius 2 is 1.47 bits per heavy atom. The van der Waals surface area contributed by atoms with E-state index in [2.05, 4.69) is 16.0 Å². The number of ether oxygens (including phenoxy) is 3. The first-order chi connectivity index (χ1) is 20.8. The number of aliphatic hydroxyl groups excluding tert-OH is 4. The third-order valence-electron chi connectivity index (χ3n) is 6.86. The van der Waals surface area contributed by atoms with Gasteiger partial charge in [0, 0.05) is 6.42 Å². The van der Waals surface area contributed by atoms with Gasteiger partial charge in [-0.05, 0) is 51.3 Å². The van der Waals surface area contributed by atoms with E-state index in [1.54, 1.807) is 34.6 Å². The van der Waals surface area contributed by atoms with Crippen LogP contribution < -0.4 is 16.0 Å². The summed E-state index contributed by atoms with van der Waals surface area (Å²) in [5.41, 5.74) is -0.399. The predicted molar refractivity (Wildman–Crippen MR) is 156 cm³/mol. The first-order valence-electron chi connectivity index (χ1n) is 14.4. The summed E-state index contributed by atoms with van der Waals surface area (Å²) in [5.74, 6) is -3.85. The lowest BCUT2D eigenvalue weighted by Gasteiger charge is -2.41. The van der Waals surface area contributed by atoms with Crippen molar-refractivity contribution in [2.24, 2.45) is 5.92 Å². The van der Waals surface area contributed by atoms with Crippen LogP contribution in [0.15, 0.2) is 24.3 Å². The molecule has 0 aliphatic carbocycles. The molecule has 1 aromatic rings. The van der Waals surface area contributed by atoms with Crippen LogP contribution >= 0.6 is 0 Å². The Labute approximate surface area is 260 Å². The molecule has 1 aliphatic heterocycles. The van der Waals surface area contributed by atoms with Crippen molar-refractivity contribution >= 4 is 23.9 Å². The maximum Gasteiger partial charge on any atom is 0.408 e. The Balaban J connectivity index is 2.40. The van der Waals surface area contributed by atoms with Crippen molar-refractivity contribution in [2.45, 2.75) is 108 Å². The molecule has 0 aromatic heterocycles. The van der Waals surface area contributed by atoms with Gasteiger partial charge < -0.3 is 60.8 Å². The molecule has 1 aliphatic rings. The van der Waals surface area contributed by atoms with Crippen LogP contribution in [0.4, 0.5) is 4.79 Å². The Hall–Kier alpha value is -3.54. The van der Waals surface area contributed by atoms with Gasteiger partial charge in [0.1, 0.15) is 53.9 Å². The molecule has 0 bridgehead atoms. The molecule has 9 N–H and O–H groups in total. The van der Waals surface area contributed by atoms with Crippen molar-refractivity contribution in [3.63, 3.8) is 0 Å². The van der Waals surface area contributed by atoms with Gasteiger partial charge in [0.15, 0.2) is 6.29 Å². The SMILES string of the molecule is CC(C)[C@H](NC(=O)[C@@H](NC(=O)[C@H](Cc1ccc(O)cc1)NC(=O)OC(C)(C)C)[C@@H](C)O[C@H]1O[C@H](CO)[C@@H](O)[C@H](O)[C@@H]1O)C(=O)O. The summed E-state index contributed by atoms with van der Waals surface area (Å²) < 4.78 is 16.3. The number of phenolic OH excluding ortho intramolecular Hbond substituents is 1. The maximum atomic E-state index is 13.7. The van der Waals surface area contributed by atoms with Crippen molar-refractivity contribution in [2.75, 3.05) is 6.61 Å². The summed E-state index contributed by atoms with van der Waals surface area (Å²) in [6.07, 6.45) is -10.8. The number of aliphatic hydroxyl groups is 4. The standard InChI is InChI=1S/C29H45N3O13/c1-13(2)19(26(40)41)31-25(39)20(14(3)43-27-23(37)22(36)21(35)18(12-33)44-27)32-24(38)17(30-28(42)45-29(4,5)6)11-15-7-9-16(34)10-8-15/h7-10,13-14,17-23,27,33-37H,11-12H2,1-6H3,(H,30,42)(H,31,39)(H,32,38)(H,40,41)/t14-,17+,18-,19+,20+,21-,22+,23+,27+/m1/s1. The number of amides is 3. The summed E-state index contributed by atoms with van der Waals surface area (Å²) in [7, 11) is 0. The van der Waals surface area contributed by atoms with E-state index in [-0.39, 0.29) is 12.2 Å². The van der Waals surface area contributed by atoms with Crippen molar-refractivity contribution in [3.05, 3.63) is 29.8 Å². The third-order valence-corrected chi connectivity index (χ3v) is 6.86. The van der Waals surface area contributed by atoms with E-state index in [4.69, 9.17) is 14.2 Å². The largest absolute Gasteiger partial charge is 0.508 e. The summed E-state index contributed by atoms with van der Waals surface area (Å²) in [4.78, 5) is 51.6. The smallest absolute Gasteiger partial charge is 0.408 e. The van der Waals surface area contributed by atoms with Gasteiger partial charge in [-0.25, -0.2) is 9.59 Å². The summed E-state index contributed by atoms with van der Waals surface area (Å²) in [6, 6.07) is 1.41. The molecule has 16 nitrogen and oxygen atoms in total. The molecular formula is C29H45N3O13. The minimum atomic E-state index is -1.83. The predicted octanol–water partition coefficient (Wildman–Crippen LogP) is -1.26. The number of nitrogens with one attached hydrogen (secondary N) is 3. The number of aromatic hydroxyl groups is 1. The Morgan fingerprint density at radius 3 is 1.98 bits per heavy atom. The van der Waals surface area contributed by atoms with E-state index in [0.29, 0.717) is 5.56 Å². The van der Waals surface area contributed by atoms with Gasteiger partial charge >= 0.3 is 12.1 Å². The number of carboxylic acids is 1. The number of carbonyl (C=O) groups is 4. The van der Waals surface area contributed by atoms with Crippen molar-refractivity contribution < 1.29 is 64.0 Å². The van der Waals surface area contributed by atoms with Crippen LogP contribution in [0, 0.1) is 5.92 Å². The number of aliphatic carboxylic acids is 1. The highest BCUT2D eigenvalue weighted by Gasteiger charge is 2.46. The highest BCUT2D eigenvalue weighted by atomic mass is 16.7. The first-order valence-corrected chi connectivity index (χ1v) is 14.4. The zero-order valence-electron chi connectivity index (χ0n) is 26.0. The molecule has 0 saturated carbocycles. The van der Waals surface area contributed by atoms with Gasteiger partial charge in [-0.15, -0.1) is 0 Å². The van der Waals surface area contributed by atoms with Gasteiger partial charge in [0.05, 0.1) is 12.7 Å². The van der Waals surface area contributed by atoms with E-state index >= 15 is 0 Å². The summed E-state index contributed by atoms with van der Waals surface area (Å²) in [6.45, 7) is 8.52. The van der Waals surface area contributed by atoms with Gasteiger partial charge in [0.2, 0.25) is 11.8 Å². The van der Waals surface area contributed by atoms with E-state index in [0.717, 1.165) is 0 Å². The van der Waals surface area contributed by atoms with Crippen LogP contribution in [0.25, 0.3) is 0 Å². The Bertz CT molecular complexity index is 1160. The number of benzene rings is 1. The lowest BCUT2D eigenvalue weighted by Crippen LogP contribution is -2.63. The van der Waals surface area contributed by atoms with Crippen LogP contribution in [-0.4, -0.2) is 122 Å². The molecule has 254 valence electrons. The van der Waals surface area contributed by atoms with Crippen LogP contribution in [0.3, 0.4) is 0 Å². The van der Waals surface area contributed by atoms with Gasteiger partial charge in [-0.3, -0.25) is 9.59 Å². The van der Waals surface area contributed by atoms with Crippen molar-refractivity contribution in [3.8, 4) is 5.75 Å². The van der Waals surface area contributed by atoms with E-state index < -0.39 is 96.9 Å². The number of hydrogen-bond acceptors (Lipinski definition) is 12. The second kappa shape index (κ2) is 16.1. The monoisotopic (exact) mass is 643 g/mol. The molecule has 9 atom stereocenters. The van der Waals surface area contributed by atoms with Crippen molar-refractivity contribution in [1.29, 1.82) is 0 Å². The zero-order chi connectivity index (χ0) is 34.2. The maximum absolute atomic E-state index is 13.7. The number of phenols is 1. The molecule has 1 saturated heterocycles. The summed E-state index contributed by atoms with van der Waals surface area (Å²) in [5, 5.41) is 66.7. The van der Waals surface area contributed by atoms with Crippen LogP contribution in [0.5, 0.6) is 5.75 Å². The second-order valence-electron chi connectivity index (χ2n) is 12.2. The van der Waals surface area contributed by atoms with Gasteiger partial charge in [0.25, 0.3) is 0 Å². The average molecular weight is 644 g/mol. The normalized spacial score (nSPS) is 24.6. The minimum absolute atomic E-state index is 0.0334. The topological polar surface area (TPSA) is 253 Å². The quantitative estimate of drug-likeness (QED) is 0.122. The fourth-order valence-electron chi connectivity index (χ4n) is 4.40. The molecule has 45 heavy (non-hydrogen) atoms. The van der Waals surface area contributed by atoms with Gasteiger partial charge in [-0.2, -0.15) is 0 Å². The molecule has 1 aromatic carbocycles. The molecule has 0 spiro atoms. The molecular weight excluding hydrogens is 598 g/mol. The Kier molecular flexibility index (Phi) is 13.5. The number of carbonyl (C=O) groups excluding carboxylic acids is 3. The molecule has 16 heteroatoms. The number of hydrogen-bond donors (Lipinski definition) is 9. The molecule has 1 fully saturated rings. The number of rotatable bonds is 13. The Morgan fingerprint density at radius 1 is 0.889 bits per heavy atom. The third kappa shape index (κ3) is 11.1. The fourth-order valence-corrected chi connectivity index (χ4v) is 4.40. The summed E-state index contributed by atoms with van der Waals surface area (Å²) >= 11 is 0. The zero-order valence-corrected chi connectivity index (χ0v) is 26.0. The molecule has 3 amide bonds. The molecule has 2 rings (SSSR count). The van der Waals surface area contributed by atoms with Gasteiger partial charge in [-0.1, -0.05) is 26.0 Å². The lowest BCUT2D eigenvalue weighted by molar-refractivity contribution is -0.311. The number of alkyl carbamates (subject to hydrolysis) is 1. The second-order valence-corrected chi connectivity index (χ2v) is 12.2. The number of carboxylic acid groups (broad SMARTS) is 1. The van der Waals surface area contributed by atoms with E-state index in [1.807, 2.05) is 0 Å². The van der Waals surface area contributed by atoms with Crippen LogP contribution in [-0.2, 0) is 35.0 Å². The molecule has 0 unspecified atom stereocenters. The fraction of sp³-hybridized carbons (Fsp3) is 0.655. The van der Waals surface area contributed by atoms with E-state index in [9.17, 15) is 49.8 Å². The first kappa shape index (κ1) is 37.6.